The molecule has 2 aliphatic heterocycles. The summed E-state index contributed by atoms with van der Waals surface area (Å²) in [5.41, 5.74) is 0.670. The second kappa shape index (κ2) is 11.7. The van der Waals surface area contributed by atoms with Crippen LogP contribution in [0, 0.1) is 0 Å². The minimum Gasteiger partial charge on any atom is -0.495 e. The van der Waals surface area contributed by atoms with Gasteiger partial charge in [-0.3, -0.25) is 9.69 Å². The Kier molecular flexibility index (Phi) is 9.27. The van der Waals surface area contributed by atoms with Crippen LogP contribution in [-0.2, 0) is 19.6 Å². The van der Waals surface area contributed by atoms with Gasteiger partial charge in [-0.05, 0) is 31.2 Å². The van der Waals surface area contributed by atoms with E-state index < -0.39 is 14.9 Å². The number of halogens is 2. The van der Waals surface area contributed by atoms with Crippen molar-refractivity contribution < 1.29 is 22.7 Å². The molecule has 0 spiro atoms. The number of ether oxygens (including phenoxy) is 2. The summed E-state index contributed by atoms with van der Waals surface area (Å²) in [5, 5.41) is 0. The number of piperazine rings is 1. The molecule has 1 N–H and O–H groups in total. The molecule has 2 saturated heterocycles. The largest absolute Gasteiger partial charge is 0.495 e. The molecule has 0 aromatic heterocycles. The molecule has 0 unspecified atom stereocenters. The molecular weight excluding hydrogens is 479 g/mol. The van der Waals surface area contributed by atoms with Crippen LogP contribution >= 0.6 is 23.2 Å². The van der Waals surface area contributed by atoms with Crippen LogP contribution in [0.15, 0.2) is 23.1 Å². The van der Waals surface area contributed by atoms with Crippen molar-refractivity contribution in [2.45, 2.75) is 16.2 Å². The molecule has 0 saturated carbocycles. The molecule has 2 aliphatic rings. The number of rotatable bonds is 9. The first kappa shape index (κ1) is 25.3. The van der Waals surface area contributed by atoms with Crippen molar-refractivity contribution in [3.8, 4) is 5.75 Å². The van der Waals surface area contributed by atoms with Gasteiger partial charge in [0.2, 0.25) is 10.0 Å². The van der Waals surface area contributed by atoms with Crippen LogP contribution in [0.4, 0.5) is 5.69 Å². The van der Waals surface area contributed by atoms with Gasteiger partial charge in [0, 0.05) is 45.8 Å². The highest BCUT2D eigenvalue weighted by atomic mass is 35.5. The summed E-state index contributed by atoms with van der Waals surface area (Å²) < 4.78 is 39.2. The Morgan fingerprint density at radius 3 is 2.47 bits per heavy atom. The van der Waals surface area contributed by atoms with Crippen molar-refractivity contribution in [1.82, 2.24) is 14.5 Å². The molecule has 1 amide bonds. The fourth-order valence-electron chi connectivity index (χ4n) is 3.81. The van der Waals surface area contributed by atoms with E-state index in [1.165, 1.54) is 6.07 Å². The number of alkyl halides is 2. The van der Waals surface area contributed by atoms with Crippen molar-refractivity contribution >= 4 is 44.8 Å². The maximum absolute atomic E-state index is 12.8. The number of benzene rings is 1. The van der Waals surface area contributed by atoms with Crippen molar-refractivity contribution in [1.29, 1.82) is 0 Å². The number of nitrogens with zero attached hydrogens (tertiary/aromatic N) is 3. The lowest BCUT2D eigenvalue weighted by Gasteiger charge is -2.37. The van der Waals surface area contributed by atoms with Crippen LogP contribution < -0.4 is 14.4 Å². The summed E-state index contributed by atoms with van der Waals surface area (Å²) in [6.45, 7) is 6.30. The number of carbonyl (C=O) groups is 1. The molecule has 2 fully saturated rings. The van der Waals surface area contributed by atoms with Gasteiger partial charge in [0.25, 0.3) is 5.91 Å². The van der Waals surface area contributed by atoms with E-state index in [-0.39, 0.29) is 10.8 Å². The van der Waals surface area contributed by atoms with Crippen LogP contribution in [0.2, 0.25) is 0 Å². The summed E-state index contributed by atoms with van der Waals surface area (Å²) in [4.78, 5) is 17.0. The molecular formula is C20H30Cl2N4O5S. The highest BCUT2D eigenvalue weighted by Crippen LogP contribution is 2.32. The number of nitrogens with one attached hydrogen (secondary N) is 1. The number of hydrogen-bond acceptors (Lipinski definition) is 7. The number of methoxy groups -OCH3 is 1. The predicted octanol–water partition coefficient (Wildman–Crippen LogP) is 1.15. The van der Waals surface area contributed by atoms with Crippen LogP contribution in [0.1, 0.15) is 6.42 Å². The minimum absolute atomic E-state index is 0.180. The third kappa shape index (κ3) is 6.61. The normalized spacial score (nSPS) is 18.2. The number of sulfonamides is 1. The maximum atomic E-state index is 12.8. The van der Waals surface area contributed by atoms with Crippen LogP contribution in [0.5, 0.6) is 5.75 Å². The number of carbonyl (C=O) groups excluding carboxylic acids is 1. The van der Waals surface area contributed by atoms with Crippen molar-refractivity contribution in [3.05, 3.63) is 18.2 Å². The summed E-state index contributed by atoms with van der Waals surface area (Å²) >= 11 is 11.4. The maximum Gasteiger partial charge on any atom is 0.255 e. The fourth-order valence-corrected chi connectivity index (χ4v) is 5.18. The zero-order chi connectivity index (χ0) is 23.1. The van der Waals surface area contributed by atoms with Gasteiger partial charge in [-0.1, -0.05) is 23.2 Å². The molecule has 0 bridgehead atoms. The quantitative estimate of drug-likeness (QED) is 0.395. The van der Waals surface area contributed by atoms with Gasteiger partial charge in [-0.25, -0.2) is 13.1 Å². The Morgan fingerprint density at radius 1 is 1.16 bits per heavy atom. The molecule has 2 heterocycles. The van der Waals surface area contributed by atoms with E-state index in [0.717, 1.165) is 39.3 Å². The minimum atomic E-state index is -3.66. The Hall–Kier alpha value is -1.30. The van der Waals surface area contributed by atoms with Gasteiger partial charge in [0.1, 0.15) is 5.75 Å². The summed E-state index contributed by atoms with van der Waals surface area (Å²) in [6.07, 6.45) is 0.723. The van der Waals surface area contributed by atoms with Crippen molar-refractivity contribution in [2.24, 2.45) is 0 Å². The SMILES string of the molecule is COc1ccc(S(=O)(=O)NCCCN2CCOCC2)cc1N1CCN(C(=O)C(Cl)Cl)CC1. The standard InChI is InChI=1S/C20H30Cl2N4O5S/c1-30-18-4-3-16(32(28,29)23-5-2-6-24-11-13-31-14-12-24)15-17(18)25-7-9-26(10-8-25)20(27)19(21)22/h3-4,15,19,23H,2,5-14H2,1H3. The van der Waals surface area contributed by atoms with Gasteiger partial charge in [-0.15, -0.1) is 0 Å². The molecule has 0 aliphatic carbocycles. The fraction of sp³-hybridized carbons (Fsp3) is 0.650. The van der Waals surface area contributed by atoms with Gasteiger partial charge in [-0.2, -0.15) is 0 Å². The van der Waals surface area contributed by atoms with Gasteiger partial charge in [0.05, 0.1) is 30.9 Å². The zero-order valence-electron chi connectivity index (χ0n) is 18.1. The number of morpholine rings is 1. The van der Waals surface area contributed by atoms with E-state index in [2.05, 4.69) is 9.62 Å². The second-order valence-corrected chi connectivity index (χ2v) is 10.5. The molecule has 32 heavy (non-hydrogen) atoms. The van der Waals surface area contributed by atoms with Crippen molar-refractivity contribution in [2.75, 3.05) is 77.6 Å². The van der Waals surface area contributed by atoms with E-state index in [1.807, 2.05) is 4.90 Å². The molecule has 0 atom stereocenters. The molecule has 0 radical (unpaired) electrons. The molecule has 12 heteroatoms. The van der Waals surface area contributed by atoms with Gasteiger partial charge >= 0.3 is 0 Å². The first-order valence-corrected chi connectivity index (χ1v) is 13.0. The monoisotopic (exact) mass is 508 g/mol. The van der Waals surface area contributed by atoms with Crippen LogP contribution in [0.3, 0.4) is 0 Å². The lowest BCUT2D eigenvalue weighted by Crippen LogP contribution is -2.50. The lowest BCUT2D eigenvalue weighted by atomic mass is 10.2. The Balaban J connectivity index is 1.61. The van der Waals surface area contributed by atoms with E-state index in [1.54, 1.807) is 24.1 Å². The average molecular weight is 509 g/mol. The van der Waals surface area contributed by atoms with Gasteiger partial charge in [0.15, 0.2) is 4.84 Å². The smallest absolute Gasteiger partial charge is 0.255 e. The van der Waals surface area contributed by atoms with E-state index in [0.29, 0.717) is 44.2 Å². The topological polar surface area (TPSA) is 91.4 Å². The Labute approximate surface area is 199 Å². The first-order valence-electron chi connectivity index (χ1n) is 10.6. The average Bonchev–Trinajstić information content (AvgIpc) is 2.81. The number of amides is 1. The Morgan fingerprint density at radius 2 is 1.84 bits per heavy atom. The second-order valence-electron chi connectivity index (χ2n) is 7.65. The number of anilines is 1. The summed E-state index contributed by atoms with van der Waals surface area (Å²) in [7, 11) is -2.12. The molecule has 9 nitrogen and oxygen atoms in total. The Bertz CT molecular complexity index is 873. The number of hydrogen-bond donors (Lipinski definition) is 1. The van der Waals surface area contributed by atoms with E-state index in [9.17, 15) is 13.2 Å². The zero-order valence-corrected chi connectivity index (χ0v) is 20.5. The van der Waals surface area contributed by atoms with Gasteiger partial charge < -0.3 is 19.3 Å². The predicted molar refractivity (Wildman–Crippen MR) is 124 cm³/mol. The first-order chi connectivity index (χ1) is 15.3. The highest BCUT2D eigenvalue weighted by molar-refractivity contribution is 7.89. The van der Waals surface area contributed by atoms with E-state index in [4.69, 9.17) is 32.7 Å². The molecule has 3 rings (SSSR count). The van der Waals surface area contributed by atoms with Crippen LogP contribution in [-0.4, -0.2) is 102 Å². The van der Waals surface area contributed by atoms with Crippen LogP contribution in [0.25, 0.3) is 0 Å². The summed E-state index contributed by atoms with van der Waals surface area (Å²) in [6, 6.07) is 4.81. The third-order valence-corrected chi connectivity index (χ3v) is 7.46. The third-order valence-electron chi connectivity index (χ3n) is 5.63. The summed E-state index contributed by atoms with van der Waals surface area (Å²) in [5.74, 6) is 0.251. The van der Waals surface area contributed by atoms with Crippen molar-refractivity contribution in [3.63, 3.8) is 0 Å². The molecule has 1 aromatic carbocycles. The van der Waals surface area contributed by atoms with E-state index >= 15 is 0 Å². The molecule has 1 aromatic rings. The highest BCUT2D eigenvalue weighted by Gasteiger charge is 2.27. The molecule has 180 valence electrons. The lowest BCUT2D eigenvalue weighted by molar-refractivity contribution is -0.129.